The molecule has 0 saturated carbocycles. The van der Waals surface area contributed by atoms with Gasteiger partial charge in [0.25, 0.3) is 0 Å². The number of aromatic hydroxyl groups is 1. The standard InChI is InChI=1S/C17H20FNO2/c1-19(9-8-13-4-3-5-15(18)10-13)12-14-6-7-17(21-2)16(20)11-14/h3-7,10-11,20H,8-9,12H2,1-2H3. The largest absolute Gasteiger partial charge is 0.504 e. The van der Waals surface area contributed by atoms with E-state index in [1.54, 1.807) is 24.3 Å². The number of halogens is 1. The number of phenolic OH excluding ortho intramolecular Hbond substituents is 1. The topological polar surface area (TPSA) is 32.7 Å². The Morgan fingerprint density at radius 3 is 2.62 bits per heavy atom. The molecule has 0 atom stereocenters. The Labute approximate surface area is 124 Å². The van der Waals surface area contributed by atoms with Crippen LogP contribution < -0.4 is 4.74 Å². The molecule has 4 heteroatoms. The summed E-state index contributed by atoms with van der Waals surface area (Å²) >= 11 is 0. The first kappa shape index (κ1) is 15.3. The Bertz CT molecular complexity index is 601. The molecule has 1 N–H and O–H groups in total. The molecule has 112 valence electrons. The predicted molar refractivity (Wildman–Crippen MR) is 81.1 cm³/mol. The van der Waals surface area contributed by atoms with Crippen LogP contribution in [-0.2, 0) is 13.0 Å². The van der Waals surface area contributed by atoms with E-state index in [0.717, 1.165) is 24.1 Å². The summed E-state index contributed by atoms with van der Waals surface area (Å²) in [4.78, 5) is 2.13. The Hall–Kier alpha value is -2.07. The van der Waals surface area contributed by atoms with Gasteiger partial charge in [0.05, 0.1) is 7.11 Å². The maximum Gasteiger partial charge on any atom is 0.160 e. The van der Waals surface area contributed by atoms with Crippen molar-refractivity contribution in [3.63, 3.8) is 0 Å². The first-order chi connectivity index (χ1) is 10.1. The zero-order valence-electron chi connectivity index (χ0n) is 12.3. The molecular formula is C17H20FNO2. The number of likely N-dealkylation sites (N-methyl/N-ethyl adjacent to an activating group) is 1. The first-order valence-corrected chi connectivity index (χ1v) is 6.87. The van der Waals surface area contributed by atoms with E-state index in [4.69, 9.17) is 4.74 Å². The van der Waals surface area contributed by atoms with Crippen molar-refractivity contribution in [1.82, 2.24) is 4.90 Å². The molecule has 0 radical (unpaired) electrons. The number of ether oxygens (including phenoxy) is 1. The van der Waals surface area contributed by atoms with E-state index < -0.39 is 0 Å². The number of rotatable bonds is 6. The lowest BCUT2D eigenvalue weighted by molar-refractivity contribution is 0.329. The Morgan fingerprint density at radius 2 is 1.95 bits per heavy atom. The lowest BCUT2D eigenvalue weighted by atomic mass is 10.1. The summed E-state index contributed by atoms with van der Waals surface area (Å²) < 4.78 is 18.1. The molecule has 0 aliphatic heterocycles. The molecule has 0 aromatic heterocycles. The van der Waals surface area contributed by atoms with Crippen LogP contribution in [0.15, 0.2) is 42.5 Å². The molecule has 21 heavy (non-hydrogen) atoms. The van der Waals surface area contributed by atoms with E-state index in [9.17, 15) is 9.50 Å². The Morgan fingerprint density at radius 1 is 1.14 bits per heavy atom. The minimum Gasteiger partial charge on any atom is -0.504 e. The van der Waals surface area contributed by atoms with Crippen LogP contribution in [0.1, 0.15) is 11.1 Å². The average molecular weight is 289 g/mol. The fourth-order valence-corrected chi connectivity index (χ4v) is 2.24. The van der Waals surface area contributed by atoms with Crippen molar-refractivity contribution in [3.05, 3.63) is 59.4 Å². The van der Waals surface area contributed by atoms with Gasteiger partial charge in [-0.15, -0.1) is 0 Å². The van der Waals surface area contributed by atoms with Gasteiger partial charge in [-0.3, -0.25) is 0 Å². The predicted octanol–water partition coefficient (Wildman–Crippen LogP) is 3.21. The second-order valence-electron chi connectivity index (χ2n) is 5.12. The molecular weight excluding hydrogens is 269 g/mol. The van der Waals surface area contributed by atoms with Gasteiger partial charge in [-0.05, 0) is 48.9 Å². The van der Waals surface area contributed by atoms with Gasteiger partial charge in [0, 0.05) is 13.1 Å². The van der Waals surface area contributed by atoms with Gasteiger partial charge in [-0.1, -0.05) is 18.2 Å². The minimum atomic E-state index is -0.199. The van der Waals surface area contributed by atoms with Gasteiger partial charge in [0.1, 0.15) is 5.82 Å². The van der Waals surface area contributed by atoms with Crippen LogP contribution in [0.5, 0.6) is 11.5 Å². The average Bonchev–Trinajstić information content (AvgIpc) is 2.45. The van der Waals surface area contributed by atoms with E-state index in [1.165, 1.54) is 13.2 Å². The third-order valence-electron chi connectivity index (χ3n) is 3.37. The van der Waals surface area contributed by atoms with E-state index in [2.05, 4.69) is 4.90 Å². The van der Waals surface area contributed by atoms with Gasteiger partial charge in [-0.2, -0.15) is 0 Å². The number of nitrogens with zero attached hydrogens (tertiary/aromatic N) is 1. The minimum absolute atomic E-state index is 0.147. The second kappa shape index (κ2) is 7.09. The fraction of sp³-hybridized carbons (Fsp3) is 0.294. The van der Waals surface area contributed by atoms with Gasteiger partial charge in [0.15, 0.2) is 11.5 Å². The molecule has 0 heterocycles. The summed E-state index contributed by atoms with van der Waals surface area (Å²) in [6, 6.07) is 12.1. The molecule has 0 amide bonds. The molecule has 0 saturated heterocycles. The summed E-state index contributed by atoms with van der Waals surface area (Å²) in [6.45, 7) is 1.53. The highest BCUT2D eigenvalue weighted by Crippen LogP contribution is 2.26. The molecule has 0 aliphatic carbocycles. The summed E-state index contributed by atoms with van der Waals surface area (Å²) in [5.74, 6) is 0.421. The van der Waals surface area contributed by atoms with Crippen molar-refractivity contribution in [3.8, 4) is 11.5 Å². The number of methoxy groups -OCH3 is 1. The smallest absolute Gasteiger partial charge is 0.160 e. The normalized spacial score (nSPS) is 10.9. The van der Waals surface area contributed by atoms with Crippen molar-refractivity contribution in [1.29, 1.82) is 0 Å². The molecule has 0 spiro atoms. The number of hydrogen-bond acceptors (Lipinski definition) is 3. The highest BCUT2D eigenvalue weighted by atomic mass is 19.1. The van der Waals surface area contributed by atoms with Crippen LogP contribution in [0, 0.1) is 5.82 Å². The molecule has 2 aromatic rings. The molecule has 0 fully saturated rings. The molecule has 2 rings (SSSR count). The van der Waals surface area contributed by atoms with Crippen LogP contribution in [0.4, 0.5) is 4.39 Å². The lowest BCUT2D eigenvalue weighted by Gasteiger charge is -2.17. The van der Waals surface area contributed by atoms with Gasteiger partial charge < -0.3 is 14.7 Å². The van der Waals surface area contributed by atoms with Gasteiger partial charge in [-0.25, -0.2) is 4.39 Å². The molecule has 0 bridgehead atoms. The maximum absolute atomic E-state index is 13.1. The zero-order chi connectivity index (χ0) is 15.2. The van der Waals surface area contributed by atoms with Crippen LogP contribution in [0.2, 0.25) is 0 Å². The van der Waals surface area contributed by atoms with E-state index >= 15 is 0 Å². The molecule has 3 nitrogen and oxygen atoms in total. The second-order valence-corrected chi connectivity index (χ2v) is 5.12. The summed E-state index contributed by atoms with van der Waals surface area (Å²) in [6.07, 6.45) is 0.788. The molecule has 0 aliphatic rings. The summed E-state index contributed by atoms with van der Waals surface area (Å²) in [5, 5.41) is 9.76. The van der Waals surface area contributed by atoms with Crippen LogP contribution >= 0.6 is 0 Å². The summed E-state index contributed by atoms with van der Waals surface area (Å²) in [7, 11) is 3.53. The number of hydrogen-bond donors (Lipinski definition) is 1. The van der Waals surface area contributed by atoms with E-state index in [-0.39, 0.29) is 11.6 Å². The molecule has 0 unspecified atom stereocenters. The summed E-state index contributed by atoms with van der Waals surface area (Å²) in [5.41, 5.74) is 1.99. The Kier molecular flexibility index (Phi) is 5.17. The third kappa shape index (κ3) is 4.46. The maximum atomic E-state index is 13.1. The van der Waals surface area contributed by atoms with Crippen molar-refractivity contribution < 1.29 is 14.2 Å². The van der Waals surface area contributed by atoms with Crippen molar-refractivity contribution in [2.45, 2.75) is 13.0 Å². The zero-order valence-corrected chi connectivity index (χ0v) is 12.3. The van der Waals surface area contributed by atoms with E-state index in [0.29, 0.717) is 12.3 Å². The third-order valence-corrected chi connectivity index (χ3v) is 3.37. The Balaban J connectivity index is 1.89. The number of benzene rings is 2. The molecule has 2 aromatic carbocycles. The lowest BCUT2D eigenvalue weighted by Crippen LogP contribution is -2.20. The van der Waals surface area contributed by atoms with Crippen LogP contribution in [0.3, 0.4) is 0 Å². The first-order valence-electron chi connectivity index (χ1n) is 6.87. The van der Waals surface area contributed by atoms with Crippen molar-refractivity contribution in [2.24, 2.45) is 0 Å². The fourth-order valence-electron chi connectivity index (χ4n) is 2.24. The monoisotopic (exact) mass is 289 g/mol. The highest BCUT2D eigenvalue weighted by Gasteiger charge is 2.06. The van der Waals surface area contributed by atoms with Gasteiger partial charge in [0.2, 0.25) is 0 Å². The van der Waals surface area contributed by atoms with E-state index in [1.807, 2.05) is 19.2 Å². The number of phenols is 1. The van der Waals surface area contributed by atoms with Crippen LogP contribution in [0.25, 0.3) is 0 Å². The van der Waals surface area contributed by atoms with Crippen molar-refractivity contribution >= 4 is 0 Å². The SMILES string of the molecule is COc1ccc(CN(C)CCc2cccc(F)c2)cc1O. The quantitative estimate of drug-likeness (QED) is 0.886. The van der Waals surface area contributed by atoms with Gasteiger partial charge >= 0.3 is 0 Å². The van der Waals surface area contributed by atoms with Crippen molar-refractivity contribution in [2.75, 3.05) is 20.7 Å². The highest BCUT2D eigenvalue weighted by molar-refractivity contribution is 5.41. The van der Waals surface area contributed by atoms with Crippen LogP contribution in [-0.4, -0.2) is 30.7 Å².